The highest BCUT2D eigenvalue weighted by Crippen LogP contribution is 2.34. The third-order valence-electron chi connectivity index (χ3n) is 7.59. The van der Waals surface area contributed by atoms with Crippen molar-refractivity contribution in [1.82, 2.24) is 9.13 Å². The minimum atomic E-state index is 1.30. The maximum Gasteiger partial charge on any atom is 0.0568 e. The highest BCUT2D eigenvalue weighted by Gasteiger charge is 2.11. The van der Waals surface area contributed by atoms with E-state index in [9.17, 15) is 0 Å². The van der Waals surface area contributed by atoms with E-state index in [1.165, 1.54) is 65.2 Å². The van der Waals surface area contributed by atoms with Crippen LogP contribution in [0.4, 0.5) is 0 Å². The smallest absolute Gasteiger partial charge is 0.0568 e. The van der Waals surface area contributed by atoms with Crippen molar-refractivity contribution in [2.24, 2.45) is 14.1 Å². The number of aryl methyl sites for hydroxylation is 2. The highest BCUT2D eigenvalue weighted by atomic mass is 14.9. The predicted molar refractivity (Wildman–Crippen MR) is 167 cm³/mol. The molecule has 2 nitrogen and oxygen atoms in total. The third kappa shape index (κ3) is 3.64. The van der Waals surface area contributed by atoms with Crippen LogP contribution in [0, 0.1) is 0 Å². The maximum atomic E-state index is 2.30. The second kappa shape index (κ2) is 9.72. The number of aromatic nitrogens is 2. The summed E-state index contributed by atoms with van der Waals surface area (Å²) >= 11 is 0. The second-order valence-electron chi connectivity index (χ2n) is 9.52. The van der Waals surface area contributed by atoms with Crippen LogP contribution in [0.3, 0.4) is 0 Å². The van der Waals surface area contributed by atoms with E-state index in [1.807, 2.05) is 13.8 Å². The summed E-state index contributed by atoms with van der Waals surface area (Å²) in [5.41, 5.74) is 5.22. The van der Waals surface area contributed by atoms with Crippen molar-refractivity contribution in [3.05, 3.63) is 121 Å². The van der Waals surface area contributed by atoms with Crippen molar-refractivity contribution in [3.63, 3.8) is 0 Å². The minimum absolute atomic E-state index is 1.30. The molecule has 0 aliphatic rings. The van der Waals surface area contributed by atoms with Gasteiger partial charge in [-0.3, -0.25) is 0 Å². The minimum Gasteiger partial charge on any atom is -0.344 e. The molecule has 6 aromatic carbocycles. The Morgan fingerprint density at radius 3 is 1.58 bits per heavy atom. The Bertz CT molecular complexity index is 2070. The molecule has 0 unspecified atom stereocenters. The van der Waals surface area contributed by atoms with E-state index in [2.05, 4.69) is 145 Å². The van der Waals surface area contributed by atoms with Gasteiger partial charge in [-0.2, -0.15) is 0 Å². The summed E-state index contributed by atoms with van der Waals surface area (Å²) in [7, 11) is 4.29. The van der Waals surface area contributed by atoms with E-state index < -0.39 is 0 Å². The number of fused-ring (bicyclic) bond motifs is 10. The summed E-state index contributed by atoms with van der Waals surface area (Å²) in [6, 6.07) is 43.3. The molecule has 0 N–H and O–H groups in total. The van der Waals surface area contributed by atoms with Gasteiger partial charge in [0.2, 0.25) is 0 Å². The van der Waals surface area contributed by atoms with E-state index in [0.717, 1.165) is 0 Å². The Kier molecular flexibility index (Phi) is 6.09. The van der Waals surface area contributed by atoms with Crippen LogP contribution in [0.1, 0.15) is 13.8 Å². The van der Waals surface area contributed by atoms with Crippen molar-refractivity contribution in [2.75, 3.05) is 0 Å². The number of benzene rings is 6. The molecule has 38 heavy (non-hydrogen) atoms. The first-order chi connectivity index (χ1) is 18.7. The van der Waals surface area contributed by atoms with Gasteiger partial charge >= 0.3 is 0 Å². The van der Waals surface area contributed by atoms with Crippen molar-refractivity contribution in [2.45, 2.75) is 13.8 Å². The molecule has 2 heterocycles. The van der Waals surface area contributed by atoms with Crippen molar-refractivity contribution in [1.29, 1.82) is 0 Å². The molecule has 0 spiro atoms. The molecule has 0 aliphatic carbocycles. The van der Waals surface area contributed by atoms with Gasteiger partial charge in [0.05, 0.1) is 5.52 Å². The molecule has 0 amide bonds. The molecule has 0 bridgehead atoms. The summed E-state index contributed by atoms with van der Waals surface area (Å²) in [5, 5.41) is 10.7. The van der Waals surface area contributed by atoms with Crippen LogP contribution in [0.15, 0.2) is 121 Å². The van der Waals surface area contributed by atoms with Crippen molar-refractivity contribution >= 4 is 65.2 Å². The summed E-state index contributed by atoms with van der Waals surface area (Å²) in [4.78, 5) is 0. The molecular weight excluding hydrogens is 460 g/mol. The average Bonchev–Trinajstić information content (AvgIpc) is 3.46. The Labute approximate surface area is 223 Å². The average molecular weight is 493 g/mol. The molecular formula is C36H32N2. The van der Waals surface area contributed by atoms with E-state index in [4.69, 9.17) is 0 Å². The standard InChI is InChI=1S/2C17H13N.C2H6/c1-18-16-9-5-4-8-14(16)15-11-10-12-6-2-3-7-13(12)17(15)18;1-18-15-9-5-4-8-14(15)17-13-7-3-2-6-12(13)10-11-16(17)18;1-2/h2*2-11H,1H3;1-2H3. The van der Waals surface area contributed by atoms with Crippen LogP contribution in [0.2, 0.25) is 0 Å². The third-order valence-corrected chi connectivity index (χ3v) is 7.59. The molecule has 0 saturated carbocycles. The molecule has 2 aromatic heterocycles. The normalized spacial score (nSPS) is 11.2. The van der Waals surface area contributed by atoms with Gasteiger partial charge in [0.1, 0.15) is 0 Å². The zero-order valence-electron chi connectivity index (χ0n) is 22.4. The number of rotatable bonds is 0. The second-order valence-corrected chi connectivity index (χ2v) is 9.52. The first-order valence-corrected chi connectivity index (χ1v) is 13.4. The predicted octanol–water partition coefficient (Wildman–Crippen LogP) is 10.00. The Morgan fingerprint density at radius 1 is 0.368 bits per heavy atom. The fourth-order valence-electron chi connectivity index (χ4n) is 5.88. The van der Waals surface area contributed by atoms with Crippen LogP contribution in [0.25, 0.3) is 65.2 Å². The quantitative estimate of drug-likeness (QED) is 0.199. The molecule has 0 saturated heterocycles. The molecule has 0 aliphatic heterocycles. The van der Waals surface area contributed by atoms with Gasteiger partial charge in [0.25, 0.3) is 0 Å². The van der Waals surface area contributed by atoms with Gasteiger partial charge in [-0.25, -0.2) is 0 Å². The zero-order chi connectivity index (χ0) is 26.2. The van der Waals surface area contributed by atoms with E-state index in [0.29, 0.717) is 0 Å². The first kappa shape index (κ1) is 23.8. The number of para-hydroxylation sites is 2. The van der Waals surface area contributed by atoms with Crippen LogP contribution in [-0.4, -0.2) is 9.13 Å². The molecule has 0 atom stereocenters. The Morgan fingerprint density at radius 2 is 0.868 bits per heavy atom. The SMILES string of the molecule is CC.Cn1c2ccccc2c2c3ccccc3ccc21.Cn1c2ccccc2c2ccc3ccccc3c21. The lowest BCUT2D eigenvalue weighted by atomic mass is 10.0. The lowest BCUT2D eigenvalue weighted by Gasteiger charge is -2.02. The highest BCUT2D eigenvalue weighted by molar-refractivity contribution is 6.20. The lowest BCUT2D eigenvalue weighted by Crippen LogP contribution is -1.87. The molecule has 0 radical (unpaired) electrons. The molecule has 8 aromatic rings. The Balaban J connectivity index is 0.000000131. The number of hydrogen-bond donors (Lipinski definition) is 0. The van der Waals surface area contributed by atoms with Gasteiger partial charge in [-0.1, -0.05) is 117 Å². The van der Waals surface area contributed by atoms with Gasteiger partial charge in [0, 0.05) is 57.6 Å². The summed E-state index contributed by atoms with van der Waals surface area (Å²) < 4.78 is 4.57. The topological polar surface area (TPSA) is 9.86 Å². The monoisotopic (exact) mass is 492 g/mol. The molecule has 0 fully saturated rings. The van der Waals surface area contributed by atoms with Gasteiger partial charge in [0.15, 0.2) is 0 Å². The fourth-order valence-corrected chi connectivity index (χ4v) is 5.88. The van der Waals surface area contributed by atoms with Crippen LogP contribution in [-0.2, 0) is 14.1 Å². The van der Waals surface area contributed by atoms with Crippen LogP contribution in [0.5, 0.6) is 0 Å². The number of nitrogens with zero attached hydrogens (tertiary/aromatic N) is 2. The molecule has 186 valence electrons. The molecule has 2 heteroatoms. The zero-order valence-corrected chi connectivity index (χ0v) is 22.4. The Hall–Kier alpha value is -4.56. The molecule has 8 rings (SSSR count). The summed E-state index contributed by atoms with van der Waals surface area (Å²) in [6.45, 7) is 4.00. The largest absolute Gasteiger partial charge is 0.344 e. The van der Waals surface area contributed by atoms with Crippen molar-refractivity contribution in [3.8, 4) is 0 Å². The van der Waals surface area contributed by atoms with Crippen molar-refractivity contribution < 1.29 is 0 Å². The van der Waals surface area contributed by atoms with E-state index in [1.54, 1.807) is 0 Å². The lowest BCUT2D eigenvalue weighted by molar-refractivity contribution is 1.01. The van der Waals surface area contributed by atoms with Gasteiger partial charge < -0.3 is 9.13 Å². The van der Waals surface area contributed by atoms with Gasteiger partial charge in [-0.15, -0.1) is 0 Å². The van der Waals surface area contributed by atoms with E-state index in [-0.39, 0.29) is 0 Å². The number of hydrogen-bond acceptors (Lipinski definition) is 0. The van der Waals surface area contributed by atoms with Crippen LogP contribution < -0.4 is 0 Å². The summed E-state index contributed by atoms with van der Waals surface area (Å²) in [5.74, 6) is 0. The maximum absolute atomic E-state index is 2.30. The summed E-state index contributed by atoms with van der Waals surface area (Å²) in [6.07, 6.45) is 0. The van der Waals surface area contributed by atoms with Gasteiger partial charge in [-0.05, 0) is 34.4 Å². The van der Waals surface area contributed by atoms with Crippen LogP contribution >= 0.6 is 0 Å². The van der Waals surface area contributed by atoms with E-state index >= 15 is 0 Å². The fraction of sp³-hybridized carbons (Fsp3) is 0.111. The first-order valence-electron chi connectivity index (χ1n) is 13.4.